The van der Waals surface area contributed by atoms with Gasteiger partial charge in [0.1, 0.15) is 0 Å². The van der Waals surface area contributed by atoms with Crippen molar-refractivity contribution in [2.24, 2.45) is 0 Å². The molecule has 1 aliphatic heterocycles. The molecule has 3 rings (SSSR count). The number of nitrogens with one attached hydrogen (secondary N) is 1. The van der Waals surface area contributed by atoms with E-state index in [1.165, 1.54) is 6.26 Å². The van der Waals surface area contributed by atoms with E-state index in [2.05, 4.69) is 17.2 Å². The highest BCUT2D eigenvalue weighted by molar-refractivity contribution is 7.90. The van der Waals surface area contributed by atoms with Crippen molar-refractivity contribution >= 4 is 21.2 Å². The molecule has 1 aliphatic rings. The van der Waals surface area contributed by atoms with Crippen LogP contribution in [-0.2, 0) is 9.84 Å². The molecular formula is C18H19NO2S2. The van der Waals surface area contributed by atoms with Crippen LogP contribution in [0, 0.1) is 11.8 Å². The van der Waals surface area contributed by atoms with Gasteiger partial charge in [0, 0.05) is 12.3 Å². The Morgan fingerprint density at radius 3 is 2.61 bits per heavy atom. The van der Waals surface area contributed by atoms with Crippen LogP contribution in [0.5, 0.6) is 0 Å². The van der Waals surface area contributed by atoms with E-state index in [-0.39, 0.29) is 12.1 Å². The zero-order valence-electron chi connectivity index (χ0n) is 13.0. The van der Waals surface area contributed by atoms with E-state index in [0.29, 0.717) is 4.90 Å². The summed E-state index contributed by atoms with van der Waals surface area (Å²) in [6.07, 6.45) is 4.46. The van der Waals surface area contributed by atoms with Crippen molar-refractivity contribution in [1.29, 1.82) is 0 Å². The molecule has 1 aromatic carbocycles. The van der Waals surface area contributed by atoms with Crippen molar-refractivity contribution in [3.8, 4) is 11.8 Å². The van der Waals surface area contributed by atoms with Crippen molar-refractivity contribution in [1.82, 2.24) is 5.32 Å². The maximum Gasteiger partial charge on any atom is 0.175 e. The van der Waals surface area contributed by atoms with Crippen LogP contribution in [0.2, 0.25) is 0 Å². The molecule has 2 atom stereocenters. The Morgan fingerprint density at radius 1 is 1.17 bits per heavy atom. The van der Waals surface area contributed by atoms with Gasteiger partial charge < -0.3 is 0 Å². The second-order valence-corrected chi connectivity index (χ2v) is 8.75. The fourth-order valence-electron chi connectivity index (χ4n) is 2.77. The first-order chi connectivity index (χ1) is 11.0. The van der Waals surface area contributed by atoms with Gasteiger partial charge in [-0.25, -0.2) is 8.42 Å². The predicted molar refractivity (Wildman–Crippen MR) is 94.3 cm³/mol. The van der Waals surface area contributed by atoms with E-state index in [4.69, 9.17) is 0 Å². The van der Waals surface area contributed by atoms with E-state index in [0.717, 1.165) is 29.7 Å². The van der Waals surface area contributed by atoms with Crippen LogP contribution in [0.3, 0.4) is 0 Å². The number of thiophene rings is 1. The number of piperidine rings is 1. The number of hydrogen-bond donors (Lipinski definition) is 1. The van der Waals surface area contributed by atoms with Crippen LogP contribution in [0.25, 0.3) is 0 Å². The Balaban J connectivity index is 1.71. The number of hydrogen-bond acceptors (Lipinski definition) is 4. The van der Waals surface area contributed by atoms with Gasteiger partial charge in [-0.15, -0.1) is 11.3 Å². The van der Waals surface area contributed by atoms with Gasteiger partial charge in [0.25, 0.3) is 0 Å². The minimum absolute atomic E-state index is 0.186. The molecule has 2 unspecified atom stereocenters. The van der Waals surface area contributed by atoms with Crippen molar-refractivity contribution in [3.63, 3.8) is 0 Å². The van der Waals surface area contributed by atoms with Crippen LogP contribution in [0.1, 0.15) is 35.7 Å². The van der Waals surface area contributed by atoms with Gasteiger partial charge >= 0.3 is 0 Å². The van der Waals surface area contributed by atoms with Gasteiger partial charge in [0.05, 0.1) is 15.8 Å². The van der Waals surface area contributed by atoms with Crippen LogP contribution in [-0.4, -0.2) is 20.7 Å². The summed E-state index contributed by atoms with van der Waals surface area (Å²) < 4.78 is 23.1. The molecule has 2 heterocycles. The highest BCUT2D eigenvalue weighted by atomic mass is 32.2. The van der Waals surface area contributed by atoms with Gasteiger partial charge in [-0.1, -0.05) is 30.0 Å². The van der Waals surface area contributed by atoms with E-state index in [9.17, 15) is 8.42 Å². The van der Waals surface area contributed by atoms with Crippen molar-refractivity contribution in [2.45, 2.75) is 36.2 Å². The lowest BCUT2D eigenvalue weighted by Crippen LogP contribution is -2.35. The highest BCUT2D eigenvalue weighted by Gasteiger charge is 2.21. The summed E-state index contributed by atoms with van der Waals surface area (Å²) in [5, 5.41) is 5.60. The van der Waals surface area contributed by atoms with Crippen LogP contribution in [0.15, 0.2) is 46.7 Å². The highest BCUT2D eigenvalue weighted by Crippen LogP contribution is 2.26. The first-order valence-electron chi connectivity index (χ1n) is 7.63. The van der Waals surface area contributed by atoms with E-state index >= 15 is 0 Å². The van der Waals surface area contributed by atoms with Crippen molar-refractivity contribution in [3.05, 3.63) is 52.2 Å². The number of sulfone groups is 1. The Morgan fingerprint density at radius 2 is 1.96 bits per heavy atom. The third kappa shape index (κ3) is 4.23. The first kappa shape index (κ1) is 16.3. The Hall–Kier alpha value is -1.61. The lowest BCUT2D eigenvalue weighted by molar-refractivity contribution is 0.370. The Kier molecular flexibility index (Phi) is 4.86. The molecule has 0 bridgehead atoms. The zero-order chi connectivity index (χ0) is 16.3. The summed E-state index contributed by atoms with van der Waals surface area (Å²) in [5.41, 5.74) is 1.13. The standard InChI is InChI=1S/C18H19NO2S2/c1-23(20,21)17-11-7-14(8-12-17)18-6-2-4-15(19-18)9-10-16-5-3-13-22-16/h3,5,7-8,11-13,15,18-19H,2,4,6H2,1H3. The molecule has 0 amide bonds. The summed E-state index contributed by atoms with van der Waals surface area (Å²) in [7, 11) is -3.14. The quantitative estimate of drug-likeness (QED) is 0.849. The fraction of sp³-hybridized carbons (Fsp3) is 0.333. The molecule has 0 spiro atoms. The third-order valence-corrected chi connectivity index (χ3v) is 5.90. The molecule has 1 saturated heterocycles. The van der Waals surface area contributed by atoms with Crippen molar-refractivity contribution in [2.75, 3.05) is 6.26 Å². The Labute approximate surface area is 141 Å². The maximum absolute atomic E-state index is 11.5. The molecule has 2 aromatic rings. The molecule has 1 aromatic heterocycles. The van der Waals surface area contributed by atoms with Gasteiger partial charge in [-0.2, -0.15) is 0 Å². The molecule has 0 aliphatic carbocycles. The normalized spacial score (nSPS) is 21.4. The van der Waals surface area contributed by atoms with E-state index in [1.54, 1.807) is 23.5 Å². The molecule has 1 N–H and O–H groups in total. The van der Waals surface area contributed by atoms with Gasteiger partial charge in [0.15, 0.2) is 9.84 Å². The minimum Gasteiger partial charge on any atom is -0.297 e. The van der Waals surface area contributed by atoms with Crippen LogP contribution >= 0.6 is 11.3 Å². The second-order valence-electron chi connectivity index (χ2n) is 5.79. The smallest absolute Gasteiger partial charge is 0.175 e. The number of rotatable bonds is 2. The zero-order valence-corrected chi connectivity index (χ0v) is 14.6. The Bertz CT molecular complexity index is 812. The summed E-state index contributed by atoms with van der Waals surface area (Å²) >= 11 is 1.65. The molecule has 5 heteroatoms. The summed E-state index contributed by atoms with van der Waals surface area (Å²) in [6.45, 7) is 0. The van der Waals surface area contributed by atoms with Gasteiger partial charge in [-0.3, -0.25) is 5.32 Å². The molecule has 120 valence electrons. The second kappa shape index (κ2) is 6.88. The monoisotopic (exact) mass is 345 g/mol. The van der Waals surface area contributed by atoms with Crippen LogP contribution < -0.4 is 5.32 Å². The molecule has 0 radical (unpaired) electrons. The summed E-state index contributed by atoms with van der Waals surface area (Å²) in [5.74, 6) is 6.53. The average molecular weight is 345 g/mol. The molecular weight excluding hydrogens is 326 g/mol. The maximum atomic E-state index is 11.5. The molecule has 1 fully saturated rings. The molecule has 0 saturated carbocycles. The molecule has 23 heavy (non-hydrogen) atoms. The molecule has 3 nitrogen and oxygen atoms in total. The van der Waals surface area contributed by atoms with Gasteiger partial charge in [0.2, 0.25) is 0 Å². The first-order valence-corrected chi connectivity index (χ1v) is 10.4. The largest absolute Gasteiger partial charge is 0.297 e. The SMILES string of the molecule is CS(=O)(=O)c1ccc(C2CCCC(C#Cc3cccs3)N2)cc1. The lowest BCUT2D eigenvalue weighted by Gasteiger charge is -2.28. The topological polar surface area (TPSA) is 46.2 Å². The third-order valence-electron chi connectivity index (χ3n) is 3.99. The van der Waals surface area contributed by atoms with Crippen LogP contribution in [0.4, 0.5) is 0 Å². The predicted octanol–water partition coefficient (Wildman–Crippen LogP) is 3.39. The lowest BCUT2D eigenvalue weighted by atomic mass is 9.93. The van der Waals surface area contributed by atoms with E-state index < -0.39 is 9.84 Å². The number of benzene rings is 1. The van der Waals surface area contributed by atoms with Crippen molar-refractivity contribution < 1.29 is 8.42 Å². The summed E-state index contributed by atoms with van der Waals surface area (Å²) in [6, 6.07) is 11.6. The fourth-order valence-corrected chi connectivity index (χ4v) is 3.98. The minimum atomic E-state index is -3.14. The van der Waals surface area contributed by atoms with E-state index in [1.807, 2.05) is 29.6 Å². The summed E-state index contributed by atoms with van der Waals surface area (Å²) in [4.78, 5) is 1.46. The average Bonchev–Trinajstić information content (AvgIpc) is 3.06. The van der Waals surface area contributed by atoms with Gasteiger partial charge in [-0.05, 0) is 48.4 Å².